The maximum Gasteiger partial charge on any atom is 0.360 e. The SMILES string of the molecule is CCOCCOC(=O)c1n[nH]c(C)c1S(N)(=O)=O. The van der Waals surface area contributed by atoms with E-state index in [1.54, 1.807) is 6.92 Å². The molecule has 3 N–H and O–H groups in total. The topological polar surface area (TPSA) is 124 Å². The molecule has 0 unspecified atom stereocenters. The number of carbonyl (C=O) groups excluding carboxylic acids is 1. The molecule has 0 saturated carbocycles. The summed E-state index contributed by atoms with van der Waals surface area (Å²) in [5.41, 5.74) is -0.152. The molecule has 0 aromatic carbocycles. The van der Waals surface area contributed by atoms with Crippen molar-refractivity contribution in [3.63, 3.8) is 0 Å². The van der Waals surface area contributed by atoms with Gasteiger partial charge in [0.2, 0.25) is 10.0 Å². The van der Waals surface area contributed by atoms with Gasteiger partial charge < -0.3 is 9.47 Å². The molecular formula is C9H15N3O5S. The molecule has 0 amide bonds. The predicted molar refractivity (Wildman–Crippen MR) is 61.5 cm³/mol. The molecule has 0 radical (unpaired) electrons. The third-order valence-electron chi connectivity index (χ3n) is 2.03. The second-order valence-corrected chi connectivity index (χ2v) is 4.90. The van der Waals surface area contributed by atoms with Crippen LogP contribution < -0.4 is 5.14 Å². The van der Waals surface area contributed by atoms with Gasteiger partial charge in [-0.3, -0.25) is 5.10 Å². The van der Waals surface area contributed by atoms with Crippen LogP contribution in [0, 0.1) is 6.92 Å². The van der Waals surface area contributed by atoms with E-state index in [0.29, 0.717) is 6.61 Å². The van der Waals surface area contributed by atoms with Crippen LogP contribution in [0.15, 0.2) is 4.90 Å². The fraction of sp³-hybridized carbons (Fsp3) is 0.556. The number of aromatic nitrogens is 2. The highest BCUT2D eigenvalue weighted by Crippen LogP contribution is 2.16. The van der Waals surface area contributed by atoms with Crippen LogP contribution in [0.25, 0.3) is 0 Å². The Balaban J connectivity index is 2.81. The van der Waals surface area contributed by atoms with E-state index in [1.165, 1.54) is 6.92 Å². The first-order valence-corrected chi connectivity index (χ1v) is 6.75. The molecule has 0 fully saturated rings. The summed E-state index contributed by atoms with van der Waals surface area (Å²) in [7, 11) is -4.03. The van der Waals surface area contributed by atoms with Gasteiger partial charge in [0.15, 0.2) is 5.69 Å². The van der Waals surface area contributed by atoms with Gasteiger partial charge in [0.1, 0.15) is 11.5 Å². The molecule has 9 heteroatoms. The van der Waals surface area contributed by atoms with Gasteiger partial charge in [0.25, 0.3) is 0 Å². The molecule has 0 spiro atoms. The van der Waals surface area contributed by atoms with Gasteiger partial charge in [-0.2, -0.15) is 5.10 Å². The maximum atomic E-state index is 11.6. The number of nitrogens with zero attached hydrogens (tertiary/aromatic N) is 1. The Kier molecular flexibility index (Phi) is 4.82. The minimum absolute atomic E-state index is 0.0165. The van der Waals surface area contributed by atoms with Gasteiger partial charge in [-0.1, -0.05) is 0 Å². The largest absolute Gasteiger partial charge is 0.458 e. The third kappa shape index (κ3) is 3.52. The Morgan fingerprint density at radius 2 is 2.11 bits per heavy atom. The highest BCUT2D eigenvalue weighted by Gasteiger charge is 2.26. The van der Waals surface area contributed by atoms with Gasteiger partial charge in [0.05, 0.1) is 12.3 Å². The summed E-state index contributed by atoms with van der Waals surface area (Å²) in [6.45, 7) is 4.00. The maximum absolute atomic E-state index is 11.6. The molecular weight excluding hydrogens is 262 g/mol. The summed E-state index contributed by atoms with van der Waals surface area (Å²) >= 11 is 0. The summed E-state index contributed by atoms with van der Waals surface area (Å²) in [5.74, 6) is -0.858. The van der Waals surface area contributed by atoms with Crippen molar-refractivity contribution in [2.45, 2.75) is 18.7 Å². The lowest BCUT2D eigenvalue weighted by Crippen LogP contribution is -2.19. The average molecular weight is 277 g/mol. The number of aromatic amines is 1. The average Bonchev–Trinajstić information content (AvgIpc) is 2.66. The Labute approximate surface area is 105 Å². The van der Waals surface area contributed by atoms with Crippen LogP contribution in [0.3, 0.4) is 0 Å². The molecule has 1 aromatic rings. The lowest BCUT2D eigenvalue weighted by Gasteiger charge is -2.04. The number of H-pyrrole nitrogens is 1. The number of nitrogens with two attached hydrogens (primary N) is 1. The molecule has 0 aliphatic rings. The van der Waals surface area contributed by atoms with E-state index in [2.05, 4.69) is 10.2 Å². The number of hydrogen-bond acceptors (Lipinski definition) is 6. The minimum Gasteiger partial charge on any atom is -0.458 e. The second kappa shape index (κ2) is 5.94. The van der Waals surface area contributed by atoms with E-state index in [9.17, 15) is 13.2 Å². The fourth-order valence-electron chi connectivity index (χ4n) is 1.31. The van der Waals surface area contributed by atoms with E-state index < -0.39 is 16.0 Å². The van der Waals surface area contributed by atoms with Crippen LogP contribution in [0.5, 0.6) is 0 Å². The second-order valence-electron chi connectivity index (χ2n) is 3.40. The third-order valence-corrected chi connectivity index (χ3v) is 3.10. The fourth-order valence-corrected chi connectivity index (χ4v) is 2.18. The van der Waals surface area contributed by atoms with Crippen molar-refractivity contribution in [1.29, 1.82) is 0 Å². The number of carbonyl (C=O) groups is 1. The van der Waals surface area contributed by atoms with Crippen molar-refractivity contribution in [2.75, 3.05) is 19.8 Å². The molecule has 1 rings (SSSR count). The van der Waals surface area contributed by atoms with Crippen molar-refractivity contribution in [3.8, 4) is 0 Å². The Hall–Kier alpha value is -1.45. The van der Waals surface area contributed by atoms with Crippen LogP contribution in [0.4, 0.5) is 0 Å². The first kappa shape index (κ1) is 14.6. The van der Waals surface area contributed by atoms with E-state index in [1.807, 2.05) is 0 Å². The summed E-state index contributed by atoms with van der Waals surface area (Å²) in [5, 5.41) is 11.0. The number of aryl methyl sites for hydroxylation is 1. The van der Waals surface area contributed by atoms with E-state index in [-0.39, 0.29) is 29.5 Å². The first-order chi connectivity index (χ1) is 8.38. The predicted octanol–water partition coefficient (Wildman–Crippen LogP) is -0.441. The quantitative estimate of drug-likeness (QED) is 0.536. The summed E-state index contributed by atoms with van der Waals surface area (Å²) in [6.07, 6.45) is 0. The number of hydrogen-bond donors (Lipinski definition) is 2. The van der Waals surface area contributed by atoms with E-state index in [0.717, 1.165) is 0 Å². The number of ether oxygens (including phenoxy) is 2. The number of rotatable bonds is 6. The number of nitrogens with one attached hydrogen (secondary N) is 1. The Morgan fingerprint density at radius 1 is 1.44 bits per heavy atom. The molecule has 0 aliphatic heterocycles. The first-order valence-electron chi connectivity index (χ1n) is 5.20. The number of sulfonamides is 1. The van der Waals surface area contributed by atoms with Crippen LogP contribution in [0.2, 0.25) is 0 Å². The Morgan fingerprint density at radius 3 is 2.67 bits per heavy atom. The molecule has 102 valence electrons. The standard InChI is InChI=1S/C9H15N3O5S/c1-3-16-4-5-17-9(13)7-8(18(10,14)15)6(2)11-12-7/h3-5H2,1-2H3,(H,11,12)(H2,10,14,15). The Bertz CT molecular complexity index is 522. The molecule has 18 heavy (non-hydrogen) atoms. The van der Waals surface area contributed by atoms with E-state index >= 15 is 0 Å². The lowest BCUT2D eigenvalue weighted by molar-refractivity contribution is 0.0325. The molecule has 0 saturated heterocycles. The van der Waals surface area contributed by atoms with Crippen LogP contribution in [-0.2, 0) is 19.5 Å². The van der Waals surface area contributed by atoms with Gasteiger partial charge in [0, 0.05) is 6.61 Å². The zero-order chi connectivity index (χ0) is 13.8. The van der Waals surface area contributed by atoms with Crippen LogP contribution in [0.1, 0.15) is 23.1 Å². The highest BCUT2D eigenvalue weighted by molar-refractivity contribution is 7.89. The van der Waals surface area contributed by atoms with Gasteiger partial charge >= 0.3 is 5.97 Å². The summed E-state index contributed by atoms with van der Waals surface area (Å²) < 4.78 is 32.4. The zero-order valence-corrected chi connectivity index (χ0v) is 10.9. The molecule has 0 bridgehead atoms. The minimum atomic E-state index is -4.03. The molecule has 0 aliphatic carbocycles. The molecule has 1 aromatic heterocycles. The number of primary sulfonamides is 1. The molecule has 0 atom stereocenters. The van der Waals surface area contributed by atoms with Crippen molar-refractivity contribution in [2.24, 2.45) is 5.14 Å². The van der Waals surface area contributed by atoms with Crippen molar-refractivity contribution >= 4 is 16.0 Å². The van der Waals surface area contributed by atoms with E-state index in [4.69, 9.17) is 14.6 Å². The summed E-state index contributed by atoms with van der Waals surface area (Å²) in [4.78, 5) is 11.3. The number of esters is 1. The van der Waals surface area contributed by atoms with Crippen molar-refractivity contribution < 1.29 is 22.7 Å². The van der Waals surface area contributed by atoms with Crippen molar-refractivity contribution in [1.82, 2.24) is 10.2 Å². The lowest BCUT2D eigenvalue weighted by atomic mass is 10.4. The van der Waals surface area contributed by atoms with Gasteiger partial charge in [-0.15, -0.1) is 0 Å². The molecule has 8 nitrogen and oxygen atoms in total. The zero-order valence-electron chi connectivity index (χ0n) is 10.1. The van der Waals surface area contributed by atoms with Crippen LogP contribution in [-0.4, -0.2) is 44.4 Å². The highest BCUT2D eigenvalue weighted by atomic mass is 32.2. The normalized spacial score (nSPS) is 11.5. The van der Waals surface area contributed by atoms with Gasteiger partial charge in [-0.25, -0.2) is 18.4 Å². The van der Waals surface area contributed by atoms with Gasteiger partial charge in [-0.05, 0) is 13.8 Å². The van der Waals surface area contributed by atoms with Crippen LogP contribution >= 0.6 is 0 Å². The molecule has 1 heterocycles. The monoisotopic (exact) mass is 277 g/mol. The summed E-state index contributed by atoms with van der Waals surface area (Å²) in [6, 6.07) is 0. The smallest absolute Gasteiger partial charge is 0.360 e. The van der Waals surface area contributed by atoms with Crippen molar-refractivity contribution in [3.05, 3.63) is 11.4 Å².